The molecule has 2 fully saturated rings. The van der Waals surface area contributed by atoms with Gasteiger partial charge >= 0.3 is 0 Å². The quantitative estimate of drug-likeness (QED) is 0.552. The lowest BCUT2D eigenvalue weighted by molar-refractivity contribution is 0.0221. The average Bonchev–Trinajstić information content (AvgIpc) is 2.50. The molecule has 3 aliphatic rings. The van der Waals surface area contributed by atoms with Crippen LogP contribution in [0.2, 0.25) is 0 Å². The van der Waals surface area contributed by atoms with Crippen molar-refractivity contribution in [3.63, 3.8) is 0 Å². The van der Waals surface area contributed by atoms with E-state index in [1.54, 1.807) is 5.57 Å². The van der Waals surface area contributed by atoms with Crippen LogP contribution in [-0.2, 0) is 0 Å². The largest absolute Gasteiger partial charge is 0.198 e. The molecule has 6 unspecified atom stereocenters. The van der Waals surface area contributed by atoms with Crippen LogP contribution in [0.25, 0.3) is 0 Å². The number of rotatable bonds is 1. The van der Waals surface area contributed by atoms with E-state index in [0.717, 1.165) is 18.8 Å². The van der Waals surface area contributed by atoms with Crippen molar-refractivity contribution in [2.75, 3.05) is 0 Å². The first-order valence-electron chi connectivity index (χ1n) is 9.26. The lowest BCUT2D eigenvalue weighted by Crippen LogP contribution is -2.50. The fourth-order valence-electron chi connectivity index (χ4n) is 5.99. The first kappa shape index (κ1) is 16.6. The summed E-state index contributed by atoms with van der Waals surface area (Å²) in [6, 6.07) is 2.51. The maximum atomic E-state index is 9.52. The second-order valence-corrected chi connectivity index (χ2v) is 8.78. The van der Waals surface area contributed by atoms with Crippen LogP contribution >= 0.6 is 0 Å². The molecular weight excluding hydrogens is 278 g/mol. The SMILES string of the molecule is C=C1C=C2C[C@@H](C)C3C(=C)C(C)(C(C)C#N)CC(C)C3C2CC1. The Morgan fingerprint density at radius 3 is 2.65 bits per heavy atom. The molecule has 2 saturated carbocycles. The van der Waals surface area contributed by atoms with Crippen LogP contribution in [0.4, 0.5) is 0 Å². The van der Waals surface area contributed by atoms with E-state index in [1.807, 2.05) is 0 Å². The first-order chi connectivity index (χ1) is 10.8. The van der Waals surface area contributed by atoms with E-state index < -0.39 is 0 Å². The number of allylic oxidation sites excluding steroid dienone is 4. The summed E-state index contributed by atoms with van der Waals surface area (Å²) in [5.41, 5.74) is 4.30. The molecule has 1 heteroatoms. The monoisotopic (exact) mass is 309 g/mol. The number of hydrogen-bond acceptors (Lipinski definition) is 1. The number of nitriles is 1. The Morgan fingerprint density at radius 1 is 1.30 bits per heavy atom. The van der Waals surface area contributed by atoms with Crippen molar-refractivity contribution in [1.82, 2.24) is 0 Å². The number of hydrogen-bond donors (Lipinski definition) is 0. The molecule has 0 spiro atoms. The van der Waals surface area contributed by atoms with Crippen molar-refractivity contribution >= 4 is 0 Å². The summed E-state index contributed by atoms with van der Waals surface area (Å²) in [5, 5.41) is 9.52. The van der Waals surface area contributed by atoms with Gasteiger partial charge in [0.1, 0.15) is 0 Å². The standard InChI is InChI=1S/C22H31N/c1-13-7-8-19-18(9-13)10-14(2)20-17(5)22(6,16(4)12-23)11-15(3)21(19)20/h9,14-16,19-21H,1,5,7-8,10-11H2,2-4,6H3/t14-,15?,16?,19?,20?,21?,22?/m1/s1. The Bertz CT molecular complexity index is 604. The van der Waals surface area contributed by atoms with Gasteiger partial charge in [-0.25, -0.2) is 0 Å². The highest BCUT2D eigenvalue weighted by atomic mass is 14.6. The highest BCUT2D eigenvalue weighted by Crippen LogP contribution is 2.61. The van der Waals surface area contributed by atoms with E-state index in [4.69, 9.17) is 0 Å². The molecule has 0 amide bonds. The number of nitrogens with zero attached hydrogens (tertiary/aromatic N) is 1. The normalized spacial score (nSPS) is 44.7. The summed E-state index contributed by atoms with van der Waals surface area (Å²) < 4.78 is 0. The molecule has 0 saturated heterocycles. The zero-order valence-corrected chi connectivity index (χ0v) is 15.2. The van der Waals surface area contributed by atoms with E-state index in [-0.39, 0.29) is 11.3 Å². The van der Waals surface area contributed by atoms with E-state index in [1.165, 1.54) is 24.0 Å². The lowest BCUT2D eigenvalue weighted by Gasteiger charge is -2.57. The van der Waals surface area contributed by atoms with Crippen LogP contribution in [0.3, 0.4) is 0 Å². The molecule has 3 aliphatic carbocycles. The maximum Gasteiger partial charge on any atom is 0.0662 e. The highest BCUT2D eigenvalue weighted by molar-refractivity contribution is 5.33. The number of fused-ring (bicyclic) bond motifs is 3. The lowest BCUT2D eigenvalue weighted by atomic mass is 9.47. The van der Waals surface area contributed by atoms with Crippen molar-refractivity contribution < 1.29 is 0 Å². The first-order valence-corrected chi connectivity index (χ1v) is 9.26. The fourth-order valence-corrected chi connectivity index (χ4v) is 5.99. The topological polar surface area (TPSA) is 23.8 Å². The van der Waals surface area contributed by atoms with Gasteiger partial charge in [-0.15, -0.1) is 0 Å². The predicted octanol–water partition coefficient (Wildman–Crippen LogP) is 5.91. The fraction of sp³-hybridized carbons (Fsp3) is 0.682. The van der Waals surface area contributed by atoms with Crippen LogP contribution < -0.4 is 0 Å². The summed E-state index contributed by atoms with van der Waals surface area (Å²) in [6.45, 7) is 18.0. The summed E-state index contributed by atoms with van der Waals surface area (Å²) in [5.74, 6) is 3.35. The van der Waals surface area contributed by atoms with Gasteiger partial charge in [0.15, 0.2) is 0 Å². The second kappa shape index (κ2) is 5.66. The van der Waals surface area contributed by atoms with Crippen LogP contribution in [0.1, 0.15) is 53.4 Å². The van der Waals surface area contributed by atoms with Gasteiger partial charge in [0.25, 0.3) is 0 Å². The molecule has 1 nitrogen and oxygen atoms in total. The molecule has 0 heterocycles. The molecule has 0 aromatic carbocycles. The average molecular weight is 309 g/mol. The van der Waals surface area contributed by atoms with Gasteiger partial charge in [-0.2, -0.15) is 5.26 Å². The van der Waals surface area contributed by atoms with Gasteiger partial charge < -0.3 is 0 Å². The Hall–Kier alpha value is -1.29. The minimum absolute atomic E-state index is 0.0247. The van der Waals surface area contributed by atoms with Gasteiger partial charge in [-0.3, -0.25) is 0 Å². The molecule has 124 valence electrons. The van der Waals surface area contributed by atoms with E-state index in [2.05, 4.69) is 53.0 Å². The van der Waals surface area contributed by atoms with Crippen molar-refractivity contribution in [3.8, 4) is 6.07 Å². The minimum Gasteiger partial charge on any atom is -0.198 e. The van der Waals surface area contributed by atoms with Crippen molar-refractivity contribution in [1.29, 1.82) is 5.26 Å². The molecule has 7 atom stereocenters. The van der Waals surface area contributed by atoms with Crippen LogP contribution in [0.5, 0.6) is 0 Å². The highest BCUT2D eigenvalue weighted by Gasteiger charge is 2.53. The van der Waals surface area contributed by atoms with Gasteiger partial charge in [-0.1, -0.05) is 56.7 Å². The third-order valence-electron chi connectivity index (χ3n) is 7.38. The van der Waals surface area contributed by atoms with Gasteiger partial charge in [0, 0.05) is 5.41 Å². The maximum absolute atomic E-state index is 9.52. The van der Waals surface area contributed by atoms with Crippen molar-refractivity contribution in [2.24, 2.45) is 40.9 Å². The minimum atomic E-state index is -0.0247. The third kappa shape index (κ3) is 2.42. The van der Waals surface area contributed by atoms with Crippen LogP contribution in [-0.4, -0.2) is 0 Å². The summed E-state index contributed by atoms with van der Waals surface area (Å²) in [7, 11) is 0. The Kier molecular flexibility index (Phi) is 4.07. The summed E-state index contributed by atoms with van der Waals surface area (Å²) >= 11 is 0. The van der Waals surface area contributed by atoms with E-state index in [9.17, 15) is 5.26 Å². The van der Waals surface area contributed by atoms with Gasteiger partial charge in [0.2, 0.25) is 0 Å². The van der Waals surface area contributed by atoms with Crippen LogP contribution in [0.15, 0.2) is 36.0 Å². The summed E-state index contributed by atoms with van der Waals surface area (Å²) in [4.78, 5) is 0. The van der Waals surface area contributed by atoms with E-state index in [0.29, 0.717) is 23.7 Å². The smallest absolute Gasteiger partial charge is 0.0662 e. The molecule has 0 N–H and O–H groups in total. The summed E-state index contributed by atoms with van der Waals surface area (Å²) in [6.07, 6.45) is 7.10. The molecule has 0 aliphatic heterocycles. The molecule has 0 aromatic heterocycles. The van der Waals surface area contributed by atoms with Crippen LogP contribution in [0, 0.1) is 52.3 Å². The van der Waals surface area contributed by atoms with Gasteiger partial charge in [0.05, 0.1) is 12.0 Å². The molecule has 0 radical (unpaired) electrons. The zero-order valence-electron chi connectivity index (χ0n) is 15.2. The molecule has 3 rings (SSSR count). The third-order valence-corrected chi connectivity index (χ3v) is 7.38. The molecule has 0 bridgehead atoms. The zero-order chi connectivity index (χ0) is 16.9. The van der Waals surface area contributed by atoms with Crippen molar-refractivity contribution in [2.45, 2.75) is 53.4 Å². The Labute approximate surface area is 142 Å². The van der Waals surface area contributed by atoms with Gasteiger partial charge in [-0.05, 0) is 62.2 Å². The molecule has 23 heavy (non-hydrogen) atoms. The molecular formula is C22H31N. The van der Waals surface area contributed by atoms with E-state index >= 15 is 0 Å². The molecule has 0 aromatic rings. The second-order valence-electron chi connectivity index (χ2n) is 8.78. The van der Waals surface area contributed by atoms with Crippen molar-refractivity contribution in [3.05, 3.63) is 36.0 Å². The predicted molar refractivity (Wildman–Crippen MR) is 96.5 cm³/mol. The Balaban J connectivity index is 2.00. The Morgan fingerprint density at radius 2 is 2.00 bits per heavy atom.